The molecule has 0 saturated carbocycles. The molecule has 1 aromatic rings. The predicted octanol–water partition coefficient (Wildman–Crippen LogP) is 5.33. The highest BCUT2D eigenvalue weighted by atomic mass is 16.4. The smallest absolute Gasteiger partial charge is 0.330 e. The van der Waals surface area contributed by atoms with Crippen molar-refractivity contribution in [2.45, 2.75) is 65.2 Å². The Labute approximate surface area is 134 Å². The van der Waals surface area contributed by atoms with Crippen LogP contribution in [0.15, 0.2) is 36.4 Å². The highest BCUT2D eigenvalue weighted by molar-refractivity contribution is 5.84. The van der Waals surface area contributed by atoms with Crippen molar-refractivity contribution in [3.63, 3.8) is 0 Å². The van der Waals surface area contributed by atoms with E-state index < -0.39 is 5.97 Å². The number of carbonyl (C=O) groups is 1. The molecule has 1 aromatic carbocycles. The number of para-hydroxylation sites is 1. The lowest BCUT2D eigenvalue weighted by Gasteiger charge is -2.04. The van der Waals surface area contributed by atoms with E-state index in [1.165, 1.54) is 51.9 Å². The maximum Gasteiger partial charge on any atom is 0.330 e. The number of phenols is 1. The molecule has 0 heterocycles. The molecule has 0 fully saturated rings. The van der Waals surface area contributed by atoms with Crippen molar-refractivity contribution in [2.75, 3.05) is 0 Å². The number of hydrogen-bond donors (Lipinski definition) is 2. The summed E-state index contributed by atoms with van der Waals surface area (Å²) in [5.41, 5.74) is 1.27. The highest BCUT2D eigenvalue weighted by Gasteiger charge is 1.98. The van der Waals surface area contributed by atoms with Gasteiger partial charge in [0.1, 0.15) is 5.75 Å². The molecule has 0 bridgehead atoms. The van der Waals surface area contributed by atoms with Gasteiger partial charge >= 0.3 is 5.97 Å². The molecule has 0 aromatic heterocycles. The van der Waals surface area contributed by atoms with Gasteiger partial charge in [0.25, 0.3) is 0 Å². The number of carboxylic acids is 1. The van der Waals surface area contributed by atoms with Crippen LogP contribution in [0.3, 0.4) is 0 Å². The Bertz CT molecular complexity index is 426. The standard InChI is InChI=1S/C15H24O.C4H6O2/c1-2-3-4-5-6-7-8-11-14-12-9-10-13-15(14)16;1-3(2)4(5)6/h9-10,12-13,16H,2-8,11H2,1H3;1H2,2H3,(H,5,6). The molecule has 0 amide bonds. The van der Waals surface area contributed by atoms with Gasteiger partial charge < -0.3 is 10.2 Å². The number of phenolic OH excluding ortho intramolecular Hbond substituents is 1. The number of aromatic hydroxyl groups is 1. The van der Waals surface area contributed by atoms with Crippen LogP contribution in [0.1, 0.15) is 64.4 Å². The molecule has 0 atom stereocenters. The molecule has 124 valence electrons. The fraction of sp³-hybridized carbons (Fsp3) is 0.526. The van der Waals surface area contributed by atoms with Crippen molar-refractivity contribution in [1.29, 1.82) is 0 Å². The summed E-state index contributed by atoms with van der Waals surface area (Å²) in [4.78, 5) is 9.60. The van der Waals surface area contributed by atoms with Crippen molar-refractivity contribution in [3.8, 4) is 5.75 Å². The lowest BCUT2D eigenvalue weighted by atomic mass is 10.0. The normalized spacial score (nSPS) is 9.73. The van der Waals surface area contributed by atoms with Crippen LogP contribution in [0.5, 0.6) is 5.75 Å². The van der Waals surface area contributed by atoms with E-state index in [0.717, 1.165) is 12.0 Å². The average molecular weight is 306 g/mol. The second-order valence-electron chi connectivity index (χ2n) is 5.59. The number of aliphatic carboxylic acids is 1. The van der Waals surface area contributed by atoms with Crippen LogP contribution >= 0.6 is 0 Å². The van der Waals surface area contributed by atoms with Crippen LogP contribution in [0.2, 0.25) is 0 Å². The van der Waals surface area contributed by atoms with Crippen molar-refractivity contribution in [1.82, 2.24) is 0 Å². The summed E-state index contributed by atoms with van der Waals surface area (Å²) in [5, 5.41) is 17.5. The Balaban J connectivity index is 0.000000626. The van der Waals surface area contributed by atoms with E-state index in [4.69, 9.17) is 5.11 Å². The van der Waals surface area contributed by atoms with E-state index in [1.54, 1.807) is 6.07 Å². The van der Waals surface area contributed by atoms with Crippen molar-refractivity contribution >= 4 is 5.97 Å². The molecule has 0 aliphatic heterocycles. The molecule has 3 heteroatoms. The first kappa shape index (κ1) is 20.2. The molecular formula is C19H30O3. The Morgan fingerprint density at radius 2 is 1.55 bits per heavy atom. The summed E-state index contributed by atoms with van der Waals surface area (Å²) in [5.74, 6) is -0.483. The van der Waals surface area contributed by atoms with Crippen LogP contribution in [-0.4, -0.2) is 16.2 Å². The lowest BCUT2D eigenvalue weighted by molar-refractivity contribution is -0.132. The molecular weight excluding hydrogens is 276 g/mol. The third-order valence-electron chi connectivity index (χ3n) is 3.41. The quantitative estimate of drug-likeness (QED) is 0.478. The molecule has 1 rings (SSSR count). The fourth-order valence-corrected chi connectivity index (χ4v) is 1.99. The molecule has 22 heavy (non-hydrogen) atoms. The minimum atomic E-state index is -0.935. The van der Waals surface area contributed by atoms with Gasteiger partial charge in [-0.05, 0) is 31.4 Å². The summed E-state index contributed by atoms with van der Waals surface area (Å²) in [6.07, 6.45) is 10.3. The van der Waals surface area contributed by atoms with E-state index in [0.29, 0.717) is 5.75 Å². The number of unbranched alkanes of at least 4 members (excludes halogenated alkanes) is 6. The van der Waals surface area contributed by atoms with E-state index in [2.05, 4.69) is 13.5 Å². The van der Waals surface area contributed by atoms with E-state index >= 15 is 0 Å². The molecule has 0 spiro atoms. The minimum absolute atomic E-state index is 0.176. The van der Waals surface area contributed by atoms with Crippen LogP contribution in [0.4, 0.5) is 0 Å². The van der Waals surface area contributed by atoms with E-state index in [1.807, 2.05) is 18.2 Å². The van der Waals surface area contributed by atoms with Gasteiger partial charge in [-0.25, -0.2) is 4.79 Å². The lowest BCUT2D eigenvalue weighted by Crippen LogP contribution is -1.92. The second-order valence-corrected chi connectivity index (χ2v) is 5.59. The number of aryl methyl sites for hydroxylation is 1. The first-order valence-corrected chi connectivity index (χ1v) is 8.14. The summed E-state index contributed by atoms with van der Waals surface area (Å²) in [7, 11) is 0. The number of benzene rings is 1. The van der Waals surface area contributed by atoms with Gasteiger partial charge in [0, 0.05) is 5.57 Å². The Morgan fingerprint density at radius 1 is 1.05 bits per heavy atom. The highest BCUT2D eigenvalue weighted by Crippen LogP contribution is 2.18. The van der Waals surface area contributed by atoms with E-state index in [9.17, 15) is 9.90 Å². The molecule has 3 nitrogen and oxygen atoms in total. The largest absolute Gasteiger partial charge is 0.508 e. The molecule has 0 aliphatic rings. The van der Waals surface area contributed by atoms with Crippen molar-refractivity contribution in [2.24, 2.45) is 0 Å². The monoisotopic (exact) mass is 306 g/mol. The second kappa shape index (κ2) is 12.9. The topological polar surface area (TPSA) is 57.5 Å². The van der Waals surface area contributed by atoms with Gasteiger partial charge in [-0.1, -0.05) is 70.2 Å². The van der Waals surface area contributed by atoms with Crippen molar-refractivity contribution < 1.29 is 15.0 Å². The van der Waals surface area contributed by atoms with Gasteiger partial charge in [0.2, 0.25) is 0 Å². The molecule has 2 N–H and O–H groups in total. The minimum Gasteiger partial charge on any atom is -0.508 e. The summed E-state index contributed by atoms with van der Waals surface area (Å²) in [6, 6.07) is 7.67. The zero-order valence-corrected chi connectivity index (χ0v) is 14.0. The predicted molar refractivity (Wildman–Crippen MR) is 92.3 cm³/mol. The summed E-state index contributed by atoms with van der Waals surface area (Å²) < 4.78 is 0. The van der Waals surface area contributed by atoms with E-state index in [-0.39, 0.29) is 5.57 Å². The summed E-state index contributed by atoms with van der Waals surface area (Å²) >= 11 is 0. The number of carboxylic acid groups (broad SMARTS) is 1. The van der Waals surface area contributed by atoms with Crippen LogP contribution in [0.25, 0.3) is 0 Å². The zero-order valence-electron chi connectivity index (χ0n) is 14.0. The average Bonchev–Trinajstić information content (AvgIpc) is 2.48. The first-order chi connectivity index (χ1) is 10.5. The third kappa shape index (κ3) is 11.0. The summed E-state index contributed by atoms with van der Waals surface area (Å²) in [6.45, 7) is 6.85. The van der Waals surface area contributed by atoms with Gasteiger partial charge in [-0.2, -0.15) is 0 Å². The van der Waals surface area contributed by atoms with Crippen LogP contribution in [-0.2, 0) is 11.2 Å². The third-order valence-corrected chi connectivity index (χ3v) is 3.41. The Hall–Kier alpha value is -1.77. The van der Waals surface area contributed by atoms with Crippen molar-refractivity contribution in [3.05, 3.63) is 42.0 Å². The van der Waals surface area contributed by atoms with Gasteiger partial charge in [0.05, 0.1) is 0 Å². The molecule has 0 aliphatic carbocycles. The number of hydrogen-bond acceptors (Lipinski definition) is 2. The number of rotatable bonds is 9. The van der Waals surface area contributed by atoms with Gasteiger partial charge in [-0.15, -0.1) is 0 Å². The first-order valence-electron chi connectivity index (χ1n) is 8.14. The van der Waals surface area contributed by atoms with Gasteiger partial charge in [0.15, 0.2) is 0 Å². The Kier molecular flexibility index (Phi) is 11.9. The van der Waals surface area contributed by atoms with Crippen LogP contribution < -0.4 is 0 Å². The van der Waals surface area contributed by atoms with Crippen LogP contribution in [0, 0.1) is 0 Å². The molecule has 0 saturated heterocycles. The van der Waals surface area contributed by atoms with Gasteiger partial charge in [-0.3, -0.25) is 0 Å². The Morgan fingerprint density at radius 3 is 2.05 bits per heavy atom. The molecule has 0 unspecified atom stereocenters. The fourth-order valence-electron chi connectivity index (χ4n) is 1.99. The maximum atomic E-state index is 9.60. The zero-order chi connectivity index (χ0) is 16.8. The maximum absolute atomic E-state index is 9.60. The SMILES string of the molecule is C=C(C)C(=O)O.CCCCCCCCCc1ccccc1O. The molecule has 0 radical (unpaired) electrons.